The van der Waals surface area contributed by atoms with Gasteiger partial charge >= 0.3 is 0 Å². The van der Waals surface area contributed by atoms with E-state index in [2.05, 4.69) is 15.4 Å². The Labute approximate surface area is 159 Å². The van der Waals surface area contributed by atoms with E-state index in [1.807, 2.05) is 36.6 Å². The number of hydrogen-bond donors (Lipinski definition) is 1. The Balaban J connectivity index is 1.47. The normalized spacial score (nSPS) is 11.0. The maximum absolute atomic E-state index is 13.7. The second-order valence-electron chi connectivity index (χ2n) is 6.21. The van der Waals surface area contributed by atoms with Gasteiger partial charge < -0.3 is 5.32 Å². The average Bonchev–Trinajstić information content (AvgIpc) is 3.24. The van der Waals surface area contributed by atoms with E-state index in [-0.39, 0.29) is 5.56 Å². The van der Waals surface area contributed by atoms with Crippen LogP contribution in [0.15, 0.2) is 53.9 Å². The van der Waals surface area contributed by atoms with E-state index in [0.29, 0.717) is 18.8 Å². The third kappa shape index (κ3) is 3.59. The van der Waals surface area contributed by atoms with Crippen LogP contribution in [-0.2, 0) is 6.42 Å². The summed E-state index contributed by atoms with van der Waals surface area (Å²) in [5.41, 5.74) is 3.14. The third-order valence-electron chi connectivity index (χ3n) is 4.21. The average molecular weight is 380 g/mol. The fraction of sp³-hybridized carbons (Fsp3) is 0.150. The van der Waals surface area contributed by atoms with Crippen molar-refractivity contribution in [1.29, 1.82) is 0 Å². The van der Waals surface area contributed by atoms with Crippen LogP contribution in [0, 0.1) is 12.7 Å². The van der Waals surface area contributed by atoms with Crippen LogP contribution in [0.4, 0.5) is 4.39 Å². The van der Waals surface area contributed by atoms with E-state index in [9.17, 15) is 9.18 Å². The molecule has 0 spiro atoms. The van der Waals surface area contributed by atoms with Crippen molar-refractivity contribution in [3.63, 3.8) is 0 Å². The predicted octanol–water partition coefficient (Wildman–Crippen LogP) is 3.88. The number of amides is 1. The lowest BCUT2D eigenvalue weighted by molar-refractivity contribution is 0.0950. The lowest BCUT2D eigenvalue weighted by Gasteiger charge is -2.05. The van der Waals surface area contributed by atoms with Gasteiger partial charge in [-0.15, -0.1) is 16.4 Å². The molecule has 136 valence electrons. The fourth-order valence-corrected chi connectivity index (χ4v) is 3.70. The Morgan fingerprint density at radius 2 is 2.07 bits per heavy atom. The van der Waals surface area contributed by atoms with E-state index in [0.717, 1.165) is 21.8 Å². The van der Waals surface area contributed by atoms with Crippen LogP contribution >= 0.6 is 11.3 Å². The number of halogens is 1. The number of thiazole rings is 1. The van der Waals surface area contributed by atoms with Crippen molar-refractivity contribution in [1.82, 2.24) is 19.9 Å². The molecular weight excluding hydrogens is 363 g/mol. The molecule has 7 heteroatoms. The van der Waals surface area contributed by atoms with Crippen LogP contribution in [0.2, 0.25) is 0 Å². The lowest BCUT2D eigenvalue weighted by atomic mass is 10.1. The molecular formula is C20H17FN4OS. The summed E-state index contributed by atoms with van der Waals surface area (Å²) in [6.45, 7) is 2.42. The van der Waals surface area contributed by atoms with Gasteiger partial charge in [-0.25, -0.2) is 8.91 Å². The predicted molar refractivity (Wildman–Crippen MR) is 103 cm³/mol. The summed E-state index contributed by atoms with van der Waals surface area (Å²) in [4.78, 5) is 17.5. The van der Waals surface area contributed by atoms with Gasteiger partial charge in [-0.05, 0) is 25.1 Å². The van der Waals surface area contributed by atoms with E-state index >= 15 is 0 Å². The molecule has 0 bridgehead atoms. The van der Waals surface area contributed by atoms with E-state index in [1.165, 1.54) is 23.5 Å². The third-order valence-corrected chi connectivity index (χ3v) is 5.08. The molecule has 5 nitrogen and oxygen atoms in total. The van der Waals surface area contributed by atoms with E-state index in [1.54, 1.807) is 16.6 Å². The summed E-state index contributed by atoms with van der Waals surface area (Å²) in [5, 5.41) is 9.33. The summed E-state index contributed by atoms with van der Waals surface area (Å²) in [5.74, 6) is -0.257. The van der Waals surface area contributed by atoms with Gasteiger partial charge in [0.1, 0.15) is 5.82 Å². The van der Waals surface area contributed by atoms with Crippen LogP contribution in [0.25, 0.3) is 16.3 Å². The summed E-state index contributed by atoms with van der Waals surface area (Å²) in [7, 11) is 0. The van der Waals surface area contributed by atoms with Crippen LogP contribution < -0.4 is 5.32 Å². The molecule has 0 aliphatic carbocycles. The van der Waals surface area contributed by atoms with Crippen molar-refractivity contribution in [2.45, 2.75) is 13.3 Å². The summed E-state index contributed by atoms with van der Waals surface area (Å²) < 4.78 is 15.5. The number of nitrogens with one attached hydrogen (secondary N) is 1. The fourth-order valence-electron chi connectivity index (χ4n) is 2.85. The molecule has 0 unspecified atom stereocenters. The summed E-state index contributed by atoms with van der Waals surface area (Å²) >= 11 is 1.51. The maximum Gasteiger partial charge on any atom is 0.254 e. The molecule has 1 N–H and O–H groups in total. The van der Waals surface area contributed by atoms with Crippen molar-refractivity contribution in [2.24, 2.45) is 0 Å². The minimum atomic E-state index is -0.521. The van der Waals surface area contributed by atoms with Crippen molar-refractivity contribution in [3.05, 3.63) is 76.5 Å². The van der Waals surface area contributed by atoms with Gasteiger partial charge in [0.25, 0.3) is 5.91 Å². The maximum atomic E-state index is 13.7. The van der Waals surface area contributed by atoms with Crippen molar-refractivity contribution in [2.75, 3.05) is 6.54 Å². The number of rotatable bonds is 5. The molecule has 0 aliphatic rings. The lowest BCUT2D eigenvalue weighted by Crippen LogP contribution is -2.26. The smallest absolute Gasteiger partial charge is 0.254 e. The topological polar surface area (TPSA) is 59.3 Å². The first kappa shape index (κ1) is 17.4. The number of benzene rings is 2. The van der Waals surface area contributed by atoms with Crippen LogP contribution in [0.5, 0.6) is 0 Å². The van der Waals surface area contributed by atoms with Gasteiger partial charge in [0.05, 0.1) is 11.3 Å². The van der Waals surface area contributed by atoms with Crippen LogP contribution in [0.3, 0.4) is 0 Å². The van der Waals surface area contributed by atoms with E-state index < -0.39 is 11.7 Å². The van der Waals surface area contributed by atoms with Gasteiger partial charge in [0, 0.05) is 23.9 Å². The standard InChI is InChI=1S/C20H17FN4OS/c1-13-5-4-6-14(11-13)18-23-20-25(24-18)15(12-27-20)9-10-22-19(26)16-7-2-3-8-17(16)21/h2-8,11-12H,9-10H2,1H3,(H,22,26). The summed E-state index contributed by atoms with van der Waals surface area (Å²) in [6.07, 6.45) is 0.580. The highest BCUT2D eigenvalue weighted by Gasteiger charge is 2.13. The van der Waals surface area contributed by atoms with Gasteiger partial charge in [-0.1, -0.05) is 35.9 Å². The molecule has 2 heterocycles. The minimum Gasteiger partial charge on any atom is -0.352 e. The molecule has 2 aromatic heterocycles. The molecule has 0 atom stereocenters. The Kier molecular flexibility index (Phi) is 4.68. The van der Waals surface area contributed by atoms with Gasteiger partial charge in [-0.2, -0.15) is 4.98 Å². The SMILES string of the molecule is Cc1cccc(-c2nc3scc(CCNC(=O)c4ccccc4F)n3n2)c1. The van der Waals surface area contributed by atoms with Crippen molar-refractivity contribution >= 4 is 22.2 Å². The molecule has 4 aromatic rings. The molecule has 0 aliphatic heterocycles. The quantitative estimate of drug-likeness (QED) is 0.572. The van der Waals surface area contributed by atoms with Crippen molar-refractivity contribution in [3.8, 4) is 11.4 Å². The number of aryl methyl sites for hydroxylation is 1. The Hall–Kier alpha value is -3.06. The number of carbonyl (C=O) groups excluding carboxylic acids is 1. The first-order chi connectivity index (χ1) is 13.1. The first-order valence-electron chi connectivity index (χ1n) is 8.55. The Bertz CT molecular complexity index is 1120. The van der Waals surface area contributed by atoms with Gasteiger partial charge in [0.15, 0.2) is 5.82 Å². The highest BCUT2D eigenvalue weighted by Crippen LogP contribution is 2.21. The second kappa shape index (κ2) is 7.28. The van der Waals surface area contributed by atoms with Gasteiger partial charge in [0.2, 0.25) is 4.96 Å². The molecule has 1 amide bonds. The zero-order valence-electron chi connectivity index (χ0n) is 14.6. The number of aromatic nitrogens is 3. The molecule has 4 rings (SSSR count). The molecule has 0 radical (unpaired) electrons. The monoisotopic (exact) mass is 380 g/mol. The highest BCUT2D eigenvalue weighted by atomic mass is 32.1. The number of hydrogen-bond acceptors (Lipinski definition) is 4. The number of carbonyl (C=O) groups is 1. The molecule has 2 aromatic carbocycles. The molecule has 0 saturated heterocycles. The minimum absolute atomic E-state index is 0.0513. The molecule has 0 saturated carbocycles. The van der Waals surface area contributed by atoms with Crippen LogP contribution in [0.1, 0.15) is 21.6 Å². The zero-order chi connectivity index (χ0) is 18.8. The van der Waals surface area contributed by atoms with Gasteiger partial charge in [-0.3, -0.25) is 4.79 Å². The largest absolute Gasteiger partial charge is 0.352 e. The first-order valence-corrected chi connectivity index (χ1v) is 9.43. The molecule has 27 heavy (non-hydrogen) atoms. The Morgan fingerprint density at radius 1 is 1.22 bits per heavy atom. The number of fused-ring (bicyclic) bond motifs is 1. The second-order valence-corrected chi connectivity index (χ2v) is 7.05. The Morgan fingerprint density at radius 3 is 2.89 bits per heavy atom. The zero-order valence-corrected chi connectivity index (χ0v) is 15.5. The molecule has 0 fully saturated rings. The van der Waals surface area contributed by atoms with E-state index in [4.69, 9.17) is 0 Å². The summed E-state index contributed by atoms with van der Waals surface area (Å²) in [6, 6.07) is 14.0. The van der Waals surface area contributed by atoms with Crippen LogP contribution in [-0.4, -0.2) is 27.0 Å². The van der Waals surface area contributed by atoms with Crippen molar-refractivity contribution < 1.29 is 9.18 Å². The highest BCUT2D eigenvalue weighted by molar-refractivity contribution is 7.15. The number of nitrogens with zero attached hydrogens (tertiary/aromatic N) is 3.